The van der Waals surface area contributed by atoms with Gasteiger partial charge < -0.3 is 9.84 Å². The minimum absolute atomic E-state index is 0.0499. The lowest BCUT2D eigenvalue weighted by Gasteiger charge is -2.10. The van der Waals surface area contributed by atoms with E-state index in [0.29, 0.717) is 6.07 Å². The van der Waals surface area contributed by atoms with Crippen molar-refractivity contribution < 1.29 is 37.0 Å². The van der Waals surface area contributed by atoms with E-state index in [0.717, 1.165) is 30.1 Å². The molecule has 2 heterocycles. The van der Waals surface area contributed by atoms with Crippen molar-refractivity contribution in [3.8, 4) is 5.82 Å². The third kappa shape index (κ3) is 4.45. The molecule has 0 aliphatic rings. The maximum absolute atomic E-state index is 13.6. The monoisotopic (exact) mass is 423 g/mol. The number of carboxylic acid groups (broad SMARTS) is 1. The molecule has 0 unspecified atom stereocenters. The number of alkyl halides is 3. The lowest BCUT2D eigenvalue weighted by molar-refractivity contribution is -0.137. The number of halogens is 4. The number of rotatable bonds is 5. The summed E-state index contributed by atoms with van der Waals surface area (Å²) in [5.74, 6) is -3.28. The molecule has 0 bridgehead atoms. The van der Waals surface area contributed by atoms with Crippen molar-refractivity contribution in [3.05, 3.63) is 76.5 Å². The van der Waals surface area contributed by atoms with E-state index in [2.05, 4.69) is 14.8 Å². The van der Waals surface area contributed by atoms with Gasteiger partial charge in [0.2, 0.25) is 0 Å². The highest BCUT2D eigenvalue weighted by atomic mass is 19.4. The Morgan fingerprint density at radius 2 is 1.93 bits per heavy atom. The van der Waals surface area contributed by atoms with Gasteiger partial charge in [0, 0.05) is 18.3 Å². The van der Waals surface area contributed by atoms with Gasteiger partial charge in [-0.05, 0) is 35.9 Å². The molecule has 0 atom stereocenters. The first-order chi connectivity index (χ1) is 14.1. The Labute approximate surface area is 166 Å². The number of carboxylic acids is 1. The maximum Gasteiger partial charge on any atom is 0.416 e. The summed E-state index contributed by atoms with van der Waals surface area (Å²) in [6.07, 6.45) is -3.76. The first-order valence-corrected chi connectivity index (χ1v) is 8.32. The largest absolute Gasteiger partial charge is 0.478 e. The summed E-state index contributed by atoms with van der Waals surface area (Å²) in [6.45, 7) is 0. The van der Waals surface area contributed by atoms with Crippen LogP contribution in [0.3, 0.4) is 0 Å². The number of benzene rings is 1. The van der Waals surface area contributed by atoms with Crippen molar-refractivity contribution in [3.63, 3.8) is 0 Å². The third-order valence-corrected chi connectivity index (χ3v) is 4.02. The van der Waals surface area contributed by atoms with Crippen LogP contribution in [-0.2, 0) is 17.3 Å². The second-order valence-corrected chi connectivity index (χ2v) is 6.14. The Kier molecular flexibility index (Phi) is 5.54. The van der Waals surface area contributed by atoms with Gasteiger partial charge in [-0.2, -0.15) is 18.3 Å². The number of ether oxygens (including phenoxy) is 1. The highest BCUT2D eigenvalue weighted by Gasteiger charge is 2.31. The van der Waals surface area contributed by atoms with E-state index >= 15 is 0 Å². The predicted molar refractivity (Wildman–Crippen MR) is 93.9 cm³/mol. The smallest absolute Gasteiger partial charge is 0.416 e. The van der Waals surface area contributed by atoms with Crippen molar-refractivity contribution in [1.29, 1.82) is 0 Å². The van der Waals surface area contributed by atoms with Gasteiger partial charge in [-0.1, -0.05) is 6.07 Å². The minimum atomic E-state index is -4.70. The number of aromatic carboxylic acids is 1. The van der Waals surface area contributed by atoms with E-state index in [1.54, 1.807) is 0 Å². The fraction of sp³-hybridized carbons (Fsp3) is 0.158. The van der Waals surface area contributed by atoms with Gasteiger partial charge in [0.1, 0.15) is 11.4 Å². The van der Waals surface area contributed by atoms with Gasteiger partial charge in [0.05, 0.1) is 12.7 Å². The molecule has 11 heteroatoms. The summed E-state index contributed by atoms with van der Waals surface area (Å²) in [5, 5.41) is 13.1. The number of esters is 1. The van der Waals surface area contributed by atoms with Crippen LogP contribution < -0.4 is 0 Å². The molecule has 0 aliphatic carbocycles. The van der Waals surface area contributed by atoms with Gasteiger partial charge in [-0.25, -0.2) is 23.6 Å². The number of pyridine rings is 1. The van der Waals surface area contributed by atoms with Crippen molar-refractivity contribution in [2.75, 3.05) is 7.11 Å². The summed E-state index contributed by atoms with van der Waals surface area (Å²) in [7, 11) is 1.07. The van der Waals surface area contributed by atoms with Crippen LogP contribution in [0.5, 0.6) is 0 Å². The van der Waals surface area contributed by atoms with Crippen LogP contribution in [0.2, 0.25) is 0 Å². The van der Waals surface area contributed by atoms with Crippen LogP contribution in [0.15, 0.2) is 42.6 Å². The van der Waals surface area contributed by atoms with Crippen LogP contribution in [0.4, 0.5) is 17.6 Å². The molecule has 30 heavy (non-hydrogen) atoms. The molecule has 156 valence electrons. The zero-order valence-electron chi connectivity index (χ0n) is 15.3. The van der Waals surface area contributed by atoms with Gasteiger partial charge in [-0.15, -0.1) is 0 Å². The van der Waals surface area contributed by atoms with Crippen molar-refractivity contribution in [2.24, 2.45) is 0 Å². The van der Waals surface area contributed by atoms with Crippen LogP contribution in [0.25, 0.3) is 5.82 Å². The molecule has 0 amide bonds. The van der Waals surface area contributed by atoms with Crippen LogP contribution in [0, 0.1) is 5.82 Å². The zero-order chi connectivity index (χ0) is 22.1. The highest BCUT2D eigenvalue weighted by Crippen LogP contribution is 2.30. The second-order valence-electron chi connectivity index (χ2n) is 6.14. The van der Waals surface area contributed by atoms with E-state index in [1.807, 2.05) is 0 Å². The van der Waals surface area contributed by atoms with Gasteiger partial charge >= 0.3 is 18.1 Å². The lowest BCUT2D eigenvalue weighted by atomic mass is 10.1. The van der Waals surface area contributed by atoms with Crippen molar-refractivity contribution >= 4 is 11.9 Å². The van der Waals surface area contributed by atoms with Gasteiger partial charge in [-0.3, -0.25) is 0 Å². The second kappa shape index (κ2) is 7.93. The molecule has 1 N–H and O–H groups in total. The topological polar surface area (TPSA) is 94.3 Å². The molecule has 0 spiro atoms. The van der Waals surface area contributed by atoms with E-state index in [4.69, 9.17) is 0 Å². The molecule has 7 nitrogen and oxygen atoms in total. The fourth-order valence-corrected chi connectivity index (χ4v) is 2.71. The Balaban J connectivity index is 1.96. The van der Waals surface area contributed by atoms with Crippen LogP contribution in [0.1, 0.15) is 37.7 Å². The summed E-state index contributed by atoms with van der Waals surface area (Å²) >= 11 is 0. The molecule has 0 fully saturated rings. The molecule has 1 aromatic carbocycles. The molecular formula is C19H13F4N3O4. The molecular weight excluding hydrogens is 410 g/mol. The van der Waals surface area contributed by atoms with Crippen LogP contribution >= 0.6 is 0 Å². The maximum atomic E-state index is 13.6. The molecule has 3 rings (SSSR count). The van der Waals surface area contributed by atoms with E-state index in [1.165, 1.54) is 18.2 Å². The average molecular weight is 423 g/mol. The summed E-state index contributed by atoms with van der Waals surface area (Å²) in [4.78, 5) is 27.3. The third-order valence-electron chi connectivity index (χ3n) is 4.02. The standard InChI is InChI=1S/C19H13F4N3O4/c1-30-18(29)16-14(17(27)28)9-26(25-16)15-4-2-3-13(24-15)7-10-5-11(19(21,22)23)8-12(20)6-10/h2-6,8-9H,7H2,1H3,(H,27,28). The van der Waals surface area contributed by atoms with Gasteiger partial charge in [0.15, 0.2) is 11.5 Å². The van der Waals surface area contributed by atoms with E-state index in [9.17, 15) is 32.3 Å². The number of methoxy groups -OCH3 is 1. The highest BCUT2D eigenvalue weighted by molar-refractivity contribution is 6.00. The Hall–Kier alpha value is -3.76. The zero-order valence-corrected chi connectivity index (χ0v) is 15.3. The number of hydrogen-bond acceptors (Lipinski definition) is 5. The predicted octanol–water partition coefficient (Wildman–Crippen LogP) is 3.50. The molecule has 3 aromatic rings. The quantitative estimate of drug-likeness (QED) is 0.499. The normalized spacial score (nSPS) is 11.4. The average Bonchev–Trinajstić information content (AvgIpc) is 3.12. The summed E-state index contributed by atoms with van der Waals surface area (Å²) in [5.41, 5.74) is -1.63. The van der Waals surface area contributed by atoms with E-state index < -0.39 is 40.8 Å². The Morgan fingerprint density at radius 3 is 2.57 bits per heavy atom. The molecule has 2 aromatic heterocycles. The molecule has 0 radical (unpaired) electrons. The molecule has 0 saturated heterocycles. The fourth-order valence-electron chi connectivity index (χ4n) is 2.71. The van der Waals surface area contributed by atoms with E-state index in [-0.39, 0.29) is 23.5 Å². The Bertz CT molecular complexity index is 1130. The first kappa shape index (κ1) is 21.0. The Morgan fingerprint density at radius 1 is 1.20 bits per heavy atom. The summed E-state index contributed by atoms with van der Waals surface area (Å²) in [6, 6.07) is 6.67. The SMILES string of the molecule is COC(=O)c1nn(-c2cccc(Cc3cc(F)cc(C(F)(F)F)c3)n2)cc1C(=O)O. The number of nitrogens with zero attached hydrogens (tertiary/aromatic N) is 3. The van der Waals surface area contributed by atoms with Crippen molar-refractivity contribution in [2.45, 2.75) is 12.6 Å². The summed E-state index contributed by atoms with van der Waals surface area (Å²) < 4.78 is 57.8. The molecule has 0 saturated carbocycles. The number of carbonyl (C=O) groups excluding carboxylic acids is 1. The first-order valence-electron chi connectivity index (χ1n) is 8.32. The minimum Gasteiger partial charge on any atom is -0.478 e. The molecule has 0 aliphatic heterocycles. The number of aromatic nitrogens is 3. The number of hydrogen-bond donors (Lipinski definition) is 1. The van der Waals surface area contributed by atoms with Gasteiger partial charge in [0.25, 0.3) is 0 Å². The lowest BCUT2D eigenvalue weighted by Crippen LogP contribution is -2.09. The number of carbonyl (C=O) groups is 2. The van der Waals surface area contributed by atoms with Crippen LogP contribution in [-0.4, -0.2) is 38.9 Å². The van der Waals surface area contributed by atoms with Crippen molar-refractivity contribution in [1.82, 2.24) is 14.8 Å².